The predicted molar refractivity (Wildman–Crippen MR) is 57.4 cm³/mol. The van der Waals surface area contributed by atoms with Crippen molar-refractivity contribution in [1.82, 2.24) is 4.98 Å². The molecule has 0 atom stereocenters. The molecule has 1 aromatic heterocycles. The van der Waals surface area contributed by atoms with E-state index in [9.17, 15) is 0 Å². The van der Waals surface area contributed by atoms with Crippen LogP contribution < -0.4 is 4.74 Å². The average Bonchev–Trinajstić information content (AvgIpc) is 2.89. The summed E-state index contributed by atoms with van der Waals surface area (Å²) in [6, 6.07) is 1.98. The molecule has 1 aliphatic rings. The molecule has 1 aliphatic carbocycles. The lowest BCUT2D eigenvalue weighted by Gasteiger charge is -2.05. The van der Waals surface area contributed by atoms with Gasteiger partial charge in [-0.05, 0) is 41.1 Å². The van der Waals surface area contributed by atoms with Gasteiger partial charge in [-0.3, -0.25) is 0 Å². The van der Waals surface area contributed by atoms with Gasteiger partial charge in [0.2, 0.25) is 0 Å². The van der Waals surface area contributed by atoms with E-state index in [1.165, 1.54) is 12.8 Å². The highest BCUT2D eigenvalue weighted by atomic mass is 79.9. The van der Waals surface area contributed by atoms with Crippen molar-refractivity contribution in [1.29, 1.82) is 0 Å². The third-order valence-corrected chi connectivity index (χ3v) is 3.38. The first kappa shape index (κ1) is 9.34. The summed E-state index contributed by atoms with van der Waals surface area (Å²) in [7, 11) is 0. The molecule has 0 bridgehead atoms. The van der Waals surface area contributed by atoms with E-state index in [4.69, 9.17) is 4.74 Å². The number of aromatic nitrogens is 1. The smallest absolute Gasteiger partial charge is 0.139 e. The zero-order valence-electron chi connectivity index (χ0n) is 7.29. The zero-order valence-corrected chi connectivity index (χ0v) is 9.69. The highest BCUT2D eigenvalue weighted by Gasteiger charge is 2.23. The third kappa shape index (κ3) is 2.38. The Kier molecular flexibility index (Phi) is 2.79. The minimum Gasteiger partial charge on any atom is -0.489 e. The van der Waals surface area contributed by atoms with Gasteiger partial charge in [-0.15, -0.1) is 11.8 Å². The van der Waals surface area contributed by atoms with Crippen LogP contribution in [0.3, 0.4) is 0 Å². The molecule has 0 amide bonds. The van der Waals surface area contributed by atoms with Crippen LogP contribution in [0.4, 0.5) is 0 Å². The van der Waals surface area contributed by atoms with Gasteiger partial charge >= 0.3 is 0 Å². The van der Waals surface area contributed by atoms with Gasteiger partial charge in [0.25, 0.3) is 0 Å². The fourth-order valence-corrected chi connectivity index (χ4v) is 2.23. The van der Waals surface area contributed by atoms with Crippen molar-refractivity contribution in [2.75, 3.05) is 6.26 Å². The van der Waals surface area contributed by atoms with Crippen molar-refractivity contribution < 1.29 is 4.74 Å². The maximum atomic E-state index is 5.60. The Morgan fingerprint density at radius 3 is 2.92 bits per heavy atom. The van der Waals surface area contributed by atoms with Gasteiger partial charge in [0.1, 0.15) is 10.8 Å². The Morgan fingerprint density at radius 2 is 2.38 bits per heavy atom. The molecule has 70 valence electrons. The fraction of sp³-hybridized carbons (Fsp3) is 0.444. The topological polar surface area (TPSA) is 22.1 Å². The number of hydrogen-bond acceptors (Lipinski definition) is 3. The first-order valence-electron chi connectivity index (χ1n) is 4.16. The Hall–Kier alpha value is -0.220. The Bertz CT molecular complexity index is 314. The fourth-order valence-electron chi connectivity index (χ4n) is 1.00. The normalized spacial score (nSPS) is 15.8. The summed E-state index contributed by atoms with van der Waals surface area (Å²) in [5, 5.41) is 1.00. The van der Waals surface area contributed by atoms with Crippen LogP contribution in [0.15, 0.2) is 21.8 Å². The van der Waals surface area contributed by atoms with Crippen LogP contribution >= 0.6 is 27.7 Å². The average molecular weight is 260 g/mol. The molecule has 1 saturated carbocycles. The monoisotopic (exact) mass is 259 g/mol. The Labute approximate surface area is 90.2 Å². The van der Waals surface area contributed by atoms with Gasteiger partial charge in [0.15, 0.2) is 0 Å². The lowest BCUT2D eigenvalue weighted by atomic mass is 10.5. The van der Waals surface area contributed by atoms with Crippen molar-refractivity contribution in [3.05, 3.63) is 16.7 Å². The molecular formula is C9H10BrNOS. The molecule has 2 rings (SSSR count). The highest BCUT2D eigenvalue weighted by molar-refractivity contribution is 9.10. The molecule has 4 heteroatoms. The summed E-state index contributed by atoms with van der Waals surface area (Å²) in [4.78, 5) is 4.27. The molecule has 0 spiro atoms. The van der Waals surface area contributed by atoms with Gasteiger partial charge < -0.3 is 4.74 Å². The van der Waals surface area contributed by atoms with E-state index in [0.29, 0.717) is 6.10 Å². The summed E-state index contributed by atoms with van der Waals surface area (Å²) in [5.41, 5.74) is 0. The first-order valence-corrected chi connectivity index (χ1v) is 6.17. The summed E-state index contributed by atoms with van der Waals surface area (Å²) in [6.07, 6.45) is 6.60. The van der Waals surface area contributed by atoms with Crippen molar-refractivity contribution in [3.63, 3.8) is 0 Å². The van der Waals surface area contributed by atoms with Gasteiger partial charge in [-0.2, -0.15) is 0 Å². The summed E-state index contributed by atoms with van der Waals surface area (Å²) in [6.45, 7) is 0. The number of halogens is 1. The van der Waals surface area contributed by atoms with Gasteiger partial charge in [0, 0.05) is 0 Å². The maximum Gasteiger partial charge on any atom is 0.139 e. The molecule has 0 radical (unpaired) electrons. The van der Waals surface area contributed by atoms with Crippen LogP contribution in [0.25, 0.3) is 0 Å². The highest BCUT2D eigenvalue weighted by Crippen LogP contribution is 2.30. The molecule has 0 N–H and O–H groups in total. The zero-order chi connectivity index (χ0) is 9.26. The largest absolute Gasteiger partial charge is 0.489 e. The summed E-state index contributed by atoms with van der Waals surface area (Å²) < 4.78 is 6.62. The van der Waals surface area contributed by atoms with Crippen molar-refractivity contribution in [2.45, 2.75) is 24.0 Å². The number of rotatable bonds is 3. The molecule has 0 saturated heterocycles. The first-order chi connectivity index (χ1) is 6.29. The SMILES string of the molecule is CSc1ncc(OC2CC2)cc1Br. The molecule has 0 aromatic carbocycles. The summed E-state index contributed by atoms with van der Waals surface area (Å²) in [5.74, 6) is 0.868. The van der Waals surface area contributed by atoms with E-state index in [1.807, 2.05) is 12.3 Å². The molecule has 0 unspecified atom stereocenters. The van der Waals surface area contributed by atoms with E-state index < -0.39 is 0 Å². The summed E-state index contributed by atoms with van der Waals surface area (Å²) >= 11 is 5.08. The standard InChI is InChI=1S/C9H10BrNOS/c1-13-9-8(10)4-7(5-11-9)12-6-2-3-6/h4-6H,2-3H2,1H3. The number of ether oxygens (including phenoxy) is 1. The predicted octanol–water partition coefficient (Wildman–Crippen LogP) is 3.11. The lowest BCUT2D eigenvalue weighted by molar-refractivity contribution is 0.301. The molecule has 1 fully saturated rings. The number of thioether (sulfide) groups is 1. The molecule has 1 aromatic rings. The Morgan fingerprint density at radius 1 is 1.62 bits per heavy atom. The lowest BCUT2D eigenvalue weighted by Crippen LogP contribution is -1.96. The van der Waals surface area contributed by atoms with Gasteiger partial charge in [0.05, 0.1) is 16.8 Å². The van der Waals surface area contributed by atoms with Crippen LogP contribution in [0, 0.1) is 0 Å². The van der Waals surface area contributed by atoms with E-state index in [2.05, 4.69) is 20.9 Å². The van der Waals surface area contributed by atoms with Gasteiger partial charge in [-0.1, -0.05) is 0 Å². The van der Waals surface area contributed by atoms with Crippen molar-refractivity contribution in [3.8, 4) is 5.75 Å². The van der Waals surface area contributed by atoms with Crippen LogP contribution in [0.5, 0.6) is 5.75 Å². The number of nitrogens with zero attached hydrogens (tertiary/aromatic N) is 1. The van der Waals surface area contributed by atoms with Crippen molar-refractivity contribution in [2.24, 2.45) is 0 Å². The molecule has 13 heavy (non-hydrogen) atoms. The molecule has 1 heterocycles. The van der Waals surface area contributed by atoms with E-state index in [1.54, 1.807) is 18.0 Å². The van der Waals surface area contributed by atoms with Crippen LogP contribution in [-0.2, 0) is 0 Å². The van der Waals surface area contributed by atoms with E-state index in [-0.39, 0.29) is 0 Å². The van der Waals surface area contributed by atoms with Crippen LogP contribution in [-0.4, -0.2) is 17.3 Å². The second-order valence-corrected chi connectivity index (χ2v) is 4.63. The van der Waals surface area contributed by atoms with Gasteiger partial charge in [-0.25, -0.2) is 4.98 Å². The van der Waals surface area contributed by atoms with Crippen molar-refractivity contribution >= 4 is 27.7 Å². The van der Waals surface area contributed by atoms with Crippen LogP contribution in [0.2, 0.25) is 0 Å². The number of pyridine rings is 1. The minimum atomic E-state index is 0.439. The quantitative estimate of drug-likeness (QED) is 0.779. The molecule has 2 nitrogen and oxygen atoms in total. The second kappa shape index (κ2) is 3.88. The second-order valence-electron chi connectivity index (χ2n) is 2.98. The molecular weight excluding hydrogens is 250 g/mol. The van der Waals surface area contributed by atoms with E-state index in [0.717, 1.165) is 15.2 Å². The third-order valence-electron chi connectivity index (χ3n) is 1.80. The maximum absolute atomic E-state index is 5.60. The van der Waals surface area contributed by atoms with E-state index >= 15 is 0 Å². The molecule has 0 aliphatic heterocycles. The Balaban J connectivity index is 2.13. The van der Waals surface area contributed by atoms with Crippen LogP contribution in [0.1, 0.15) is 12.8 Å². The minimum absolute atomic E-state index is 0.439. The number of hydrogen-bond donors (Lipinski definition) is 0.